The van der Waals surface area contributed by atoms with Crippen LogP contribution in [0.25, 0.3) is 0 Å². The summed E-state index contributed by atoms with van der Waals surface area (Å²) in [4.78, 5) is 19.1. The minimum Gasteiger partial charge on any atom is -0.315 e. The Balaban J connectivity index is 1.21. The molecule has 1 aliphatic heterocycles. The van der Waals surface area contributed by atoms with E-state index in [1.165, 1.54) is 16.0 Å². The normalized spacial score (nSPS) is 18.7. The van der Waals surface area contributed by atoms with Crippen LogP contribution >= 0.6 is 11.3 Å². The highest BCUT2D eigenvalue weighted by Crippen LogP contribution is 2.44. The van der Waals surface area contributed by atoms with E-state index in [0.29, 0.717) is 18.0 Å². The van der Waals surface area contributed by atoms with Crippen molar-refractivity contribution in [3.63, 3.8) is 0 Å². The Morgan fingerprint density at radius 2 is 1.63 bits per heavy atom. The van der Waals surface area contributed by atoms with Gasteiger partial charge in [0.25, 0.3) is 0 Å². The Morgan fingerprint density at radius 1 is 1.03 bits per heavy atom. The molecule has 1 aromatic heterocycles. The number of nitrogens with one attached hydrogen (secondary N) is 1. The second-order valence-electron chi connectivity index (χ2n) is 11.7. The maximum Gasteiger partial charge on any atom is 0.239 e. The number of carbonyl (C=O) groups excluding carboxylic acids is 1. The summed E-state index contributed by atoms with van der Waals surface area (Å²) < 4.78 is 0. The van der Waals surface area contributed by atoms with Crippen molar-refractivity contribution < 1.29 is 4.79 Å². The van der Waals surface area contributed by atoms with Crippen molar-refractivity contribution in [2.24, 2.45) is 11.3 Å². The van der Waals surface area contributed by atoms with E-state index < -0.39 is 0 Å². The predicted octanol–water partition coefficient (Wildman–Crippen LogP) is 6.12. The van der Waals surface area contributed by atoms with Gasteiger partial charge >= 0.3 is 0 Å². The lowest BCUT2D eigenvalue weighted by Crippen LogP contribution is -2.49. The van der Waals surface area contributed by atoms with Crippen molar-refractivity contribution in [2.45, 2.75) is 46.1 Å². The van der Waals surface area contributed by atoms with Crippen LogP contribution in [0, 0.1) is 22.7 Å². The molecule has 198 valence electrons. The zero-order valence-corrected chi connectivity index (χ0v) is 23.6. The first-order valence-electron chi connectivity index (χ1n) is 13.7. The SMILES string of the molecule is CC(C)(C)C1CCc2c(sc(NC(=O)CN3CCN(C(c4ccccc4)c4ccccc4)CC3)c2C#N)C1. The van der Waals surface area contributed by atoms with Crippen molar-refractivity contribution in [3.8, 4) is 6.07 Å². The van der Waals surface area contributed by atoms with E-state index >= 15 is 0 Å². The molecule has 2 aromatic carbocycles. The lowest BCUT2D eigenvalue weighted by Gasteiger charge is -2.39. The van der Waals surface area contributed by atoms with Crippen molar-refractivity contribution in [1.29, 1.82) is 5.26 Å². The van der Waals surface area contributed by atoms with Crippen molar-refractivity contribution in [1.82, 2.24) is 9.80 Å². The zero-order valence-electron chi connectivity index (χ0n) is 22.7. The fourth-order valence-corrected chi connectivity index (χ4v) is 7.26. The number of benzene rings is 2. The molecule has 1 atom stereocenters. The van der Waals surface area contributed by atoms with Crippen LogP contribution in [0.15, 0.2) is 60.7 Å². The first-order chi connectivity index (χ1) is 18.3. The third-order valence-corrected chi connectivity index (χ3v) is 9.39. The van der Waals surface area contributed by atoms with E-state index in [1.54, 1.807) is 11.3 Å². The fourth-order valence-electron chi connectivity index (χ4n) is 5.97. The van der Waals surface area contributed by atoms with Gasteiger partial charge in [-0.15, -0.1) is 11.3 Å². The number of anilines is 1. The summed E-state index contributed by atoms with van der Waals surface area (Å²) in [6, 6.07) is 24.0. The molecule has 0 saturated carbocycles. The molecule has 1 fully saturated rings. The number of carbonyl (C=O) groups is 1. The number of hydrogen-bond donors (Lipinski definition) is 1. The van der Waals surface area contributed by atoms with E-state index in [9.17, 15) is 10.1 Å². The van der Waals surface area contributed by atoms with Crippen LogP contribution in [-0.2, 0) is 17.6 Å². The number of rotatable bonds is 6. The van der Waals surface area contributed by atoms with Crippen LogP contribution in [0.5, 0.6) is 0 Å². The molecule has 6 heteroatoms. The molecule has 3 aromatic rings. The van der Waals surface area contributed by atoms with Gasteiger partial charge in [0.15, 0.2) is 0 Å². The Morgan fingerprint density at radius 3 is 2.18 bits per heavy atom. The summed E-state index contributed by atoms with van der Waals surface area (Å²) in [7, 11) is 0. The Labute approximate surface area is 231 Å². The highest BCUT2D eigenvalue weighted by Gasteiger charge is 2.33. The first kappa shape index (κ1) is 26.6. The van der Waals surface area contributed by atoms with Crippen LogP contribution in [0.2, 0.25) is 0 Å². The summed E-state index contributed by atoms with van der Waals surface area (Å²) in [6.45, 7) is 10.7. The molecule has 1 amide bonds. The van der Waals surface area contributed by atoms with E-state index in [-0.39, 0.29) is 17.4 Å². The van der Waals surface area contributed by atoms with Gasteiger partial charge in [-0.3, -0.25) is 14.6 Å². The Hall–Kier alpha value is -2.98. The highest BCUT2D eigenvalue weighted by atomic mass is 32.1. The lowest BCUT2D eigenvalue weighted by molar-refractivity contribution is -0.117. The van der Waals surface area contributed by atoms with E-state index in [1.807, 2.05) is 0 Å². The molecule has 0 radical (unpaired) electrons. The third-order valence-electron chi connectivity index (χ3n) is 8.22. The van der Waals surface area contributed by atoms with Gasteiger partial charge in [-0.1, -0.05) is 81.4 Å². The van der Waals surface area contributed by atoms with E-state index in [0.717, 1.165) is 56.0 Å². The average molecular weight is 527 g/mol. The molecule has 2 aliphatic rings. The van der Waals surface area contributed by atoms with Gasteiger partial charge in [0.05, 0.1) is 18.2 Å². The summed E-state index contributed by atoms with van der Waals surface area (Å²) in [6.07, 6.45) is 3.03. The number of fused-ring (bicyclic) bond motifs is 1. The monoisotopic (exact) mass is 526 g/mol. The van der Waals surface area contributed by atoms with Gasteiger partial charge in [0.1, 0.15) is 11.1 Å². The maximum absolute atomic E-state index is 13.1. The number of piperazine rings is 1. The predicted molar refractivity (Wildman–Crippen MR) is 155 cm³/mol. The topological polar surface area (TPSA) is 59.4 Å². The van der Waals surface area contributed by atoms with Crippen LogP contribution in [0.1, 0.15) is 60.4 Å². The largest absolute Gasteiger partial charge is 0.315 e. The van der Waals surface area contributed by atoms with Crippen LogP contribution in [-0.4, -0.2) is 48.4 Å². The van der Waals surface area contributed by atoms with Gasteiger partial charge in [0, 0.05) is 31.1 Å². The molecule has 1 saturated heterocycles. The zero-order chi connectivity index (χ0) is 26.7. The summed E-state index contributed by atoms with van der Waals surface area (Å²) in [5, 5.41) is 13.7. The number of thiophene rings is 1. The molecule has 5 nitrogen and oxygen atoms in total. The Kier molecular flexibility index (Phi) is 7.99. The summed E-state index contributed by atoms with van der Waals surface area (Å²) in [5.74, 6) is 0.583. The average Bonchev–Trinajstić information content (AvgIpc) is 3.26. The Bertz CT molecular complexity index is 1240. The quantitative estimate of drug-likeness (QED) is 0.421. The molecule has 2 heterocycles. The second-order valence-corrected chi connectivity index (χ2v) is 12.8. The molecular formula is C32H38N4OS. The molecule has 1 N–H and O–H groups in total. The van der Waals surface area contributed by atoms with Gasteiger partial charge in [-0.2, -0.15) is 5.26 Å². The number of hydrogen-bond acceptors (Lipinski definition) is 5. The fraction of sp³-hybridized carbons (Fsp3) is 0.438. The molecule has 5 rings (SSSR count). The summed E-state index contributed by atoms with van der Waals surface area (Å²) >= 11 is 1.62. The van der Waals surface area contributed by atoms with Gasteiger partial charge < -0.3 is 5.32 Å². The smallest absolute Gasteiger partial charge is 0.239 e. The number of nitrogens with zero attached hydrogens (tertiary/aromatic N) is 3. The van der Waals surface area contributed by atoms with E-state index in [2.05, 4.69) is 103 Å². The summed E-state index contributed by atoms with van der Waals surface area (Å²) in [5.41, 5.74) is 4.69. The molecule has 0 bridgehead atoms. The lowest BCUT2D eigenvalue weighted by atomic mass is 9.72. The van der Waals surface area contributed by atoms with Crippen molar-refractivity contribution >= 4 is 22.2 Å². The first-order valence-corrected chi connectivity index (χ1v) is 14.6. The second kappa shape index (κ2) is 11.4. The van der Waals surface area contributed by atoms with Gasteiger partial charge in [-0.05, 0) is 47.3 Å². The highest BCUT2D eigenvalue weighted by molar-refractivity contribution is 7.16. The number of amides is 1. The van der Waals surface area contributed by atoms with Crippen molar-refractivity contribution in [2.75, 3.05) is 38.0 Å². The third kappa shape index (κ3) is 5.86. The van der Waals surface area contributed by atoms with E-state index in [4.69, 9.17) is 0 Å². The van der Waals surface area contributed by atoms with Crippen LogP contribution < -0.4 is 5.32 Å². The van der Waals surface area contributed by atoms with Crippen molar-refractivity contribution in [3.05, 3.63) is 87.8 Å². The van der Waals surface area contributed by atoms with Gasteiger partial charge in [-0.25, -0.2) is 0 Å². The minimum atomic E-state index is -0.0245. The minimum absolute atomic E-state index is 0.0245. The number of nitriles is 1. The van der Waals surface area contributed by atoms with Gasteiger partial charge in [0.2, 0.25) is 5.91 Å². The van der Waals surface area contributed by atoms with Crippen LogP contribution in [0.4, 0.5) is 5.00 Å². The molecule has 1 unspecified atom stereocenters. The molecule has 0 spiro atoms. The maximum atomic E-state index is 13.1. The standard InChI is InChI=1S/C32H38N4OS/c1-32(2,3)25-14-15-26-27(21-33)31(38-28(26)20-25)34-29(37)22-35-16-18-36(19-17-35)30(23-10-6-4-7-11-23)24-12-8-5-9-13-24/h4-13,25,30H,14-20,22H2,1-3H3,(H,34,37). The molecule has 1 aliphatic carbocycles. The molecule has 38 heavy (non-hydrogen) atoms. The van der Waals surface area contributed by atoms with Crippen LogP contribution in [0.3, 0.4) is 0 Å². The molecular weight excluding hydrogens is 488 g/mol.